The van der Waals surface area contributed by atoms with Crippen LogP contribution in [0.1, 0.15) is 5.69 Å². The average molecular weight is 315 g/mol. The molecule has 1 heterocycles. The van der Waals surface area contributed by atoms with Crippen LogP contribution in [0.3, 0.4) is 0 Å². The number of aromatic hydroxyl groups is 1. The summed E-state index contributed by atoms with van der Waals surface area (Å²) in [5, 5.41) is 8.55. The van der Waals surface area contributed by atoms with E-state index in [2.05, 4.69) is 4.98 Å². The number of hydrogen-bond donors (Lipinski definition) is 2. The Hall–Kier alpha value is -0.410. The fraction of sp³-hybridized carbons (Fsp3) is 0.167. The molecule has 2 N–H and O–H groups in total. The number of aryl methyl sites for hydroxylation is 1. The van der Waals surface area contributed by atoms with Gasteiger partial charge in [-0.2, -0.15) is 8.42 Å². The molecule has 0 bridgehead atoms. The first-order valence-corrected chi connectivity index (χ1v) is 5.68. The summed E-state index contributed by atoms with van der Waals surface area (Å²) in [7, 11) is -4.44. The highest BCUT2D eigenvalue weighted by Gasteiger charge is 2.19. The van der Waals surface area contributed by atoms with Gasteiger partial charge in [0.1, 0.15) is 0 Å². The van der Waals surface area contributed by atoms with E-state index in [1.807, 2.05) is 0 Å². The van der Waals surface area contributed by atoms with Crippen LogP contribution in [-0.2, 0) is 10.1 Å². The van der Waals surface area contributed by atoms with Gasteiger partial charge in [-0.3, -0.25) is 4.55 Å². The van der Waals surface area contributed by atoms with Crippen LogP contribution in [-0.4, -0.2) is 23.1 Å². The molecule has 1 aromatic rings. The number of pyridine rings is 1. The average Bonchev–Trinajstić information content (AvgIpc) is 1.94. The number of halogens is 1. The summed E-state index contributed by atoms with van der Waals surface area (Å²) in [4.78, 5) is 3.51. The van der Waals surface area contributed by atoms with Crippen LogP contribution in [0, 0.1) is 10.5 Å². The van der Waals surface area contributed by atoms with Crippen LogP contribution in [0.25, 0.3) is 0 Å². The summed E-state index contributed by atoms with van der Waals surface area (Å²) in [6.45, 7) is 1.57. The molecule has 1 rings (SSSR count). The van der Waals surface area contributed by atoms with Gasteiger partial charge in [0.05, 0.1) is 3.57 Å². The lowest BCUT2D eigenvalue weighted by atomic mass is 10.4. The Morgan fingerprint density at radius 3 is 2.54 bits per heavy atom. The van der Waals surface area contributed by atoms with E-state index >= 15 is 0 Å². The van der Waals surface area contributed by atoms with Crippen molar-refractivity contribution in [2.24, 2.45) is 0 Å². The molecule has 7 heteroatoms. The van der Waals surface area contributed by atoms with Crippen molar-refractivity contribution in [2.45, 2.75) is 11.9 Å². The minimum absolute atomic E-state index is 0.331. The third-order valence-electron chi connectivity index (χ3n) is 1.29. The summed E-state index contributed by atoms with van der Waals surface area (Å²) < 4.78 is 30.4. The Kier molecular flexibility index (Phi) is 2.78. The van der Waals surface area contributed by atoms with Crippen molar-refractivity contribution in [1.82, 2.24) is 4.98 Å². The molecular weight excluding hydrogens is 309 g/mol. The summed E-state index contributed by atoms with van der Waals surface area (Å²) in [5.41, 5.74) is 0.412. The van der Waals surface area contributed by atoms with E-state index in [9.17, 15) is 13.5 Å². The summed E-state index contributed by atoms with van der Waals surface area (Å²) in [6, 6.07) is 1.50. The van der Waals surface area contributed by atoms with E-state index in [1.165, 1.54) is 6.07 Å². The minimum Gasteiger partial charge on any atom is -0.504 e. The fourth-order valence-corrected chi connectivity index (χ4v) is 2.28. The molecule has 0 amide bonds. The zero-order valence-electron chi connectivity index (χ0n) is 6.52. The number of aromatic nitrogens is 1. The predicted molar refractivity (Wildman–Crippen MR) is 53.2 cm³/mol. The first-order chi connectivity index (χ1) is 5.82. The SMILES string of the molecule is Cc1cc(I)c(O)c(S(=O)(=O)O)n1. The summed E-state index contributed by atoms with van der Waals surface area (Å²) >= 11 is 1.75. The van der Waals surface area contributed by atoms with Crippen molar-refractivity contribution < 1.29 is 18.1 Å². The maximum Gasteiger partial charge on any atom is 0.316 e. The van der Waals surface area contributed by atoms with E-state index in [0.29, 0.717) is 9.26 Å². The molecular formula is C6H6INO4S. The van der Waals surface area contributed by atoms with E-state index in [-0.39, 0.29) is 0 Å². The molecule has 5 nitrogen and oxygen atoms in total. The zero-order chi connectivity index (χ0) is 10.2. The van der Waals surface area contributed by atoms with Crippen molar-refractivity contribution >= 4 is 32.7 Å². The number of rotatable bonds is 1. The monoisotopic (exact) mass is 315 g/mol. The smallest absolute Gasteiger partial charge is 0.316 e. The lowest BCUT2D eigenvalue weighted by Crippen LogP contribution is -2.03. The first kappa shape index (κ1) is 10.7. The van der Waals surface area contributed by atoms with Crippen LogP contribution in [0.4, 0.5) is 0 Å². The normalized spacial score (nSPS) is 11.6. The van der Waals surface area contributed by atoms with Crippen molar-refractivity contribution in [2.75, 3.05) is 0 Å². The van der Waals surface area contributed by atoms with Gasteiger partial charge < -0.3 is 5.11 Å². The highest BCUT2D eigenvalue weighted by molar-refractivity contribution is 14.1. The van der Waals surface area contributed by atoms with E-state index in [4.69, 9.17) is 4.55 Å². The quantitative estimate of drug-likeness (QED) is 0.595. The largest absolute Gasteiger partial charge is 0.504 e. The highest BCUT2D eigenvalue weighted by Crippen LogP contribution is 2.26. The predicted octanol–water partition coefficient (Wildman–Crippen LogP) is 0.947. The Morgan fingerprint density at radius 2 is 2.08 bits per heavy atom. The second kappa shape index (κ2) is 3.39. The molecule has 13 heavy (non-hydrogen) atoms. The van der Waals surface area contributed by atoms with Crippen LogP contribution < -0.4 is 0 Å². The Morgan fingerprint density at radius 1 is 1.54 bits per heavy atom. The topological polar surface area (TPSA) is 87.5 Å². The van der Waals surface area contributed by atoms with Crippen molar-refractivity contribution in [1.29, 1.82) is 0 Å². The number of nitrogens with zero attached hydrogens (tertiary/aromatic N) is 1. The van der Waals surface area contributed by atoms with E-state index in [0.717, 1.165) is 0 Å². The standard InChI is InChI=1S/C6H6INO4S/c1-3-2-4(7)5(9)6(8-3)13(10,11)12/h2,9H,1H3,(H,10,11,12). The van der Waals surface area contributed by atoms with Crippen LogP contribution in [0.5, 0.6) is 5.75 Å². The van der Waals surface area contributed by atoms with Crippen LogP contribution in [0.2, 0.25) is 0 Å². The highest BCUT2D eigenvalue weighted by atomic mass is 127. The Labute approximate surface area is 88.7 Å². The minimum atomic E-state index is -4.44. The maximum absolute atomic E-state index is 10.7. The molecule has 0 saturated heterocycles. The second-order valence-corrected chi connectivity index (χ2v) is 4.87. The maximum atomic E-state index is 10.7. The van der Waals surface area contributed by atoms with Gasteiger partial charge >= 0.3 is 10.1 Å². The molecule has 0 saturated carbocycles. The molecule has 0 aliphatic carbocycles. The lowest BCUT2D eigenvalue weighted by Gasteiger charge is -2.03. The third-order valence-corrected chi connectivity index (χ3v) is 2.88. The molecule has 0 unspecified atom stereocenters. The molecule has 0 fully saturated rings. The molecule has 0 aliphatic heterocycles. The summed E-state index contributed by atoms with van der Waals surface area (Å²) in [5.74, 6) is -0.520. The van der Waals surface area contributed by atoms with Gasteiger partial charge in [-0.05, 0) is 35.6 Å². The molecule has 0 atom stereocenters. The van der Waals surface area contributed by atoms with Crippen molar-refractivity contribution in [3.8, 4) is 5.75 Å². The number of hydrogen-bond acceptors (Lipinski definition) is 4. The van der Waals surface area contributed by atoms with Gasteiger partial charge in [0.2, 0.25) is 5.03 Å². The van der Waals surface area contributed by atoms with Crippen LogP contribution in [0.15, 0.2) is 11.1 Å². The lowest BCUT2D eigenvalue weighted by molar-refractivity contribution is 0.431. The van der Waals surface area contributed by atoms with E-state index in [1.54, 1.807) is 29.5 Å². The van der Waals surface area contributed by atoms with Crippen molar-refractivity contribution in [3.63, 3.8) is 0 Å². The fourth-order valence-electron chi connectivity index (χ4n) is 0.779. The first-order valence-electron chi connectivity index (χ1n) is 3.16. The zero-order valence-corrected chi connectivity index (χ0v) is 9.50. The summed E-state index contributed by atoms with van der Waals surface area (Å²) in [6.07, 6.45) is 0. The van der Waals surface area contributed by atoms with E-state index < -0.39 is 20.9 Å². The molecule has 0 spiro atoms. The molecule has 1 aromatic heterocycles. The Bertz CT molecular complexity index is 442. The second-order valence-electron chi connectivity index (χ2n) is 2.37. The van der Waals surface area contributed by atoms with Gasteiger partial charge in [-0.25, -0.2) is 4.98 Å². The molecule has 72 valence electrons. The van der Waals surface area contributed by atoms with Crippen LogP contribution >= 0.6 is 22.6 Å². The Balaban J connectivity index is 3.56. The van der Waals surface area contributed by atoms with Gasteiger partial charge in [0.25, 0.3) is 0 Å². The van der Waals surface area contributed by atoms with Gasteiger partial charge in [0, 0.05) is 5.69 Å². The van der Waals surface area contributed by atoms with Gasteiger partial charge in [0.15, 0.2) is 5.75 Å². The molecule has 0 aromatic carbocycles. The third kappa shape index (κ3) is 2.29. The van der Waals surface area contributed by atoms with Gasteiger partial charge in [-0.1, -0.05) is 0 Å². The molecule has 0 aliphatic rings. The molecule has 0 radical (unpaired) electrons. The van der Waals surface area contributed by atoms with Gasteiger partial charge in [-0.15, -0.1) is 0 Å². The van der Waals surface area contributed by atoms with Crippen molar-refractivity contribution in [3.05, 3.63) is 15.3 Å².